The molecule has 0 bridgehead atoms. The third-order valence-corrected chi connectivity index (χ3v) is 2.61. The van der Waals surface area contributed by atoms with Crippen LogP contribution in [0.15, 0.2) is 36.5 Å². The summed E-state index contributed by atoms with van der Waals surface area (Å²) in [6.45, 7) is 1.86. The van der Waals surface area contributed by atoms with Crippen molar-refractivity contribution in [2.75, 3.05) is 11.1 Å². The van der Waals surface area contributed by atoms with Gasteiger partial charge in [-0.15, -0.1) is 0 Å². The van der Waals surface area contributed by atoms with E-state index in [1.54, 1.807) is 24.4 Å². The maximum atomic E-state index is 11.0. The largest absolute Gasteiger partial charge is 0.478 e. The Labute approximate surface area is 104 Å². The second-order valence-electron chi connectivity index (χ2n) is 3.83. The van der Waals surface area contributed by atoms with Crippen molar-refractivity contribution in [2.24, 2.45) is 0 Å². The van der Waals surface area contributed by atoms with E-state index in [9.17, 15) is 4.79 Å². The fraction of sp³-hybridized carbons (Fsp3) is 0.0769. The van der Waals surface area contributed by atoms with Crippen molar-refractivity contribution in [1.29, 1.82) is 0 Å². The van der Waals surface area contributed by atoms with Crippen LogP contribution in [0.1, 0.15) is 16.1 Å². The molecule has 0 aliphatic carbocycles. The predicted octanol–water partition coefficient (Wildman–Crippen LogP) is 2.41. The number of aromatic carboxylic acids is 1. The van der Waals surface area contributed by atoms with E-state index >= 15 is 0 Å². The van der Waals surface area contributed by atoms with E-state index in [2.05, 4.69) is 10.3 Å². The number of pyridine rings is 1. The van der Waals surface area contributed by atoms with E-state index in [1.807, 2.05) is 13.0 Å². The van der Waals surface area contributed by atoms with Crippen LogP contribution in [0.2, 0.25) is 0 Å². The van der Waals surface area contributed by atoms with Crippen LogP contribution in [0.3, 0.4) is 0 Å². The fourth-order valence-corrected chi connectivity index (χ4v) is 1.62. The second kappa shape index (κ2) is 4.75. The molecule has 0 unspecified atom stereocenters. The van der Waals surface area contributed by atoms with Gasteiger partial charge in [0.15, 0.2) is 0 Å². The first-order chi connectivity index (χ1) is 8.59. The molecule has 92 valence electrons. The van der Waals surface area contributed by atoms with Crippen LogP contribution in [0.4, 0.5) is 17.1 Å². The Kier molecular flexibility index (Phi) is 3.14. The van der Waals surface area contributed by atoms with E-state index in [4.69, 9.17) is 10.8 Å². The minimum absolute atomic E-state index is 0.0848. The normalized spacial score (nSPS) is 10.1. The van der Waals surface area contributed by atoms with Crippen molar-refractivity contribution in [2.45, 2.75) is 6.92 Å². The van der Waals surface area contributed by atoms with Gasteiger partial charge in [0.05, 0.1) is 28.3 Å². The monoisotopic (exact) mass is 243 g/mol. The van der Waals surface area contributed by atoms with Gasteiger partial charge in [-0.05, 0) is 31.2 Å². The molecule has 2 aromatic rings. The van der Waals surface area contributed by atoms with Crippen LogP contribution < -0.4 is 11.1 Å². The van der Waals surface area contributed by atoms with Crippen molar-refractivity contribution in [1.82, 2.24) is 4.98 Å². The average molecular weight is 243 g/mol. The van der Waals surface area contributed by atoms with Crippen LogP contribution in [0.25, 0.3) is 0 Å². The summed E-state index contributed by atoms with van der Waals surface area (Å²) in [5.41, 5.74) is 8.30. The summed E-state index contributed by atoms with van der Waals surface area (Å²) in [6.07, 6.45) is 1.69. The number of anilines is 3. The number of para-hydroxylation sites is 1. The van der Waals surface area contributed by atoms with Crippen LogP contribution in [0, 0.1) is 6.92 Å². The number of carboxylic acid groups (broad SMARTS) is 1. The topological polar surface area (TPSA) is 88.2 Å². The molecule has 0 saturated heterocycles. The summed E-state index contributed by atoms with van der Waals surface area (Å²) < 4.78 is 0. The first-order valence-corrected chi connectivity index (χ1v) is 5.40. The van der Waals surface area contributed by atoms with Crippen molar-refractivity contribution in [3.05, 3.63) is 47.8 Å². The zero-order chi connectivity index (χ0) is 13.1. The van der Waals surface area contributed by atoms with E-state index < -0.39 is 5.97 Å². The van der Waals surface area contributed by atoms with Gasteiger partial charge >= 0.3 is 5.97 Å². The number of nitrogen functional groups attached to an aromatic ring is 1. The first kappa shape index (κ1) is 11.9. The van der Waals surface area contributed by atoms with Gasteiger partial charge in [0.1, 0.15) is 0 Å². The number of hydrogen-bond acceptors (Lipinski definition) is 4. The maximum absolute atomic E-state index is 11.0. The number of aromatic nitrogens is 1. The Hall–Kier alpha value is -2.56. The number of rotatable bonds is 3. The van der Waals surface area contributed by atoms with E-state index in [0.29, 0.717) is 5.69 Å². The minimum atomic E-state index is -1.04. The molecule has 5 nitrogen and oxygen atoms in total. The van der Waals surface area contributed by atoms with E-state index in [-0.39, 0.29) is 11.3 Å². The number of aryl methyl sites for hydroxylation is 1. The first-order valence-electron chi connectivity index (χ1n) is 5.40. The Balaban J connectivity index is 2.39. The maximum Gasteiger partial charge on any atom is 0.337 e. The molecule has 0 amide bonds. The smallest absolute Gasteiger partial charge is 0.337 e. The summed E-state index contributed by atoms with van der Waals surface area (Å²) in [7, 11) is 0. The highest BCUT2D eigenvalue weighted by Gasteiger charge is 2.11. The highest BCUT2D eigenvalue weighted by atomic mass is 16.4. The quantitative estimate of drug-likeness (QED) is 0.720. The number of nitrogens with one attached hydrogen (secondary N) is 1. The number of hydrogen-bond donors (Lipinski definition) is 3. The molecule has 5 heteroatoms. The summed E-state index contributed by atoms with van der Waals surface area (Å²) >= 11 is 0. The molecule has 1 aromatic heterocycles. The molecule has 4 N–H and O–H groups in total. The molecular formula is C13H13N3O2. The summed E-state index contributed by atoms with van der Waals surface area (Å²) in [5, 5.41) is 12.1. The van der Waals surface area contributed by atoms with Gasteiger partial charge in [-0.2, -0.15) is 0 Å². The Morgan fingerprint density at radius 1 is 1.28 bits per heavy atom. The average Bonchev–Trinajstić information content (AvgIpc) is 2.34. The molecule has 0 aliphatic rings. The Morgan fingerprint density at radius 2 is 2.00 bits per heavy atom. The lowest BCUT2D eigenvalue weighted by Crippen LogP contribution is -2.05. The molecule has 18 heavy (non-hydrogen) atoms. The molecule has 2 rings (SSSR count). The highest BCUT2D eigenvalue weighted by Crippen LogP contribution is 2.27. The summed E-state index contributed by atoms with van der Waals surface area (Å²) in [5.74, 6) is -1.04. The van der Waals surface area contributed by atoms with Gasteiger partial charge in [-0.1, -0.05) is 6.07 Å². The van der Waals surface area contributed by atoms with E-state index in [0.717, 1.165) is 11.4 Å². The van der Waals surface area contributed by atoms with E-state index in [1.165, 1.54) is 6.07 Å². The Morgan fingerprint density at radius 3 is 2.67 bits per heavy atom. The van der Waals surface area contributed by atoms with Gasteiger partial charge < -0.3 is 16.2 Å². The van der Waals surface area contributed by atoms with Crippen molar-refractivity contribution >= 4 is 23.0 Å². The molecule has 0 spiro atoms. The molecule has 0 radical (unpaired) electrons. The summed E-state index contributed by atoms with van der Waals surface area (Å²) in [6, 6.07) is 8.50. The van der Waals surface area contributed by atoms with Crippen molar-refractivity contribution in [3.63, 3.8) is 0 Å². The molecule has 0 saturated carbocycles. The van der Waals surface area contributed by atoms with Gasteiger partial charge in [0, 0.05) is 6.20 Å². The van der Waals surface area contributed by atoms with Gasteiger partial charge in [-0.25, -0.2) is 4.79 Å². The molecule has 0 atom stereocenters. The van der Waals surface area contributed by atoms with Gasteiger partial charge in [0.25, 0.3) is 0 Å². The van der Waals surface area contributed by atoms with Crippen LogP contribution >= 0.6 is 0 Å². The van der Waals surface area contributed by atoms with Crippen LogP contribution in [-0.4, -0.2) is 16.1 Å². The lowest BCUT2D eigenvalue weighted by molar-refractivity contribution is 0.0698. The fourth-order valence-electron chi connectivity index (χ4n) is 1.62. The van der Waals surface area contributed by atoms with Crippen molar-refractivity contribution in [3.8, 4) is 0 Å². The molecule has 1 heterocycles. The number of nitrogens with two attached hydrogens (primary N) is 1. The van der Waals surface area contributed by atoms with Crippen LogP contribution in [-0.2, 0) is 0 Å². The third-order valence-electron chi connectivity index (χ3n) is 2.61. The minimum Gasteiger partial charge on any atom is -0.478 e. The molecular weight excluding hydrogens is 230 g/mol. The number of nitrogens with zero attached hydrogens (tertiary/aromatic N) is 1. The molecule has 1 aromatic carbocycles. The Bertz CT molecular complexity index is 597. The van der Waals surface area contributed by atoms with Crippen LogP contribution in [0.5, 0.6) is 0 Å². The van der Waals surface area contributed by atoms with Gasteiger partial charge in [-0.3, -0.25) is 4.98 Å². The predicted molar refractivity (Wildman–Crippen MR) is 70.1 cm³/mol. The lowest BCUT2D eigenvalue weighted by Gasteiger charge is -2.12. The number of carboxylic acids is 1. The van der Waals surface area contributed by atoms with Gasteiger partial charge in [0.2, 0.25) is 0 Å². The standard InChI is InChI=1S/C13H13N3O2/c1-8-10(6-3-7-15-8)16-11-5-2-4-9(12(11)14)13(17)18/h2-7,16H,14H2,1H3,(H,17,18). The summed E-state index contributed by atoms with van der Waals surface area (Å²) in [4.78, 5) is 15.1. The molecule has 0 aliphatic heterocycles. The molecule has 0 fully saturated rings. The number of benzene rings is 1. The second-order valence-corrected chi connectivity index (χ2v) is 3.83. The SMILES string of the molecule is Cc1ncccc1Nc1cccc(C(=O)O)c1N. The lowest BCUT2D eigenvalue weighted by atomic mass is 10.1. The highest BCUT2D eigenvalue weighted by molar-refractivity contribution is 5.97. The zero-order valence-corrected chi connectivity index (χ0v) is 9.84. The zero-order valence-electron chi connectivity index (χ0n) is 9.84. The number of carbonyl (C=O) groups is 1. The van der Waals surface area contributed by atoms with Crippen molar-refractivity contribution < 1.29 is 9.90 Å². The third kappa shape index (κ3) is 2.24.